The lowest BCUT2D eigenvalue weighted by molar-refractivity contribution is 0.0991. The van der Waals surface area contributed by atoms with Crippen LogP contribution < -0.4 is 15.6 Å². The van der Waals surface area contributed by atoms with E-state index in [0.29, 0.717) is 12.2 Å². The summed E-state index contributed by atoms with van der Waals surface area (Å²) in [5.41, 5.74) is 11.0. The number of aromatic nitrogens is 1. The number of rotatable bonds is 4. The summed E-state index contributed by atoms with van der Waals surface area (Å²) in [5.74, 6) is 0.869. The average Bonchev–Trinajstić information content (AvgIpc) is 3.19. The average molecular weight is 327 g/mol. The molecule has 1 aliphatic heterocycles. The van der Waals surface area contributed by atoms with E-state index in [0.717, 1.165) is 46.2 Å². The van der Waals surface area contributed by atoms with E-state index in [1.807, 2.05) is 19.1 Å². The fourth-order valence-electron chi connectivity index (χ4n) is 3.05. The maximum absolute atomic E-state index is 12.3. The third kappa shape index (κ3) is 2.44. The molecule has 2 aromatic rings. The van der Waals surface area contributed by atoms with Gasteiger partial charge in [0.1, 0.15) is 5.75 Å². The van der Waals surface area contributed by atoms with Crippen molar-refractivity contribution in [3.8, 4) is 10.8 Å². The van der Waals surface area contributed by atoms with E-state index >= 15 is 0 Å². The first-order valence-electron chi connectivity index (χ1n) is 7.76. The molecule has 0 amide bonds. The van der Waals surface area contributed by atoms with Crippen LogP contribution >= 0.6 is 11.3 Å². The lowest BCUT2D eigenvalue weighted by atomic mass is 9.90. The highest BCUT2D eigenvalue weighted by molar-refractivity contribution is 7.16. The molecule has 0 saturated heterocycles. The molecule has 0 saturated carbocycles. The number of Topliss-reactive ketones (excluding diaryl/α,β-unsaturated/α-hetero) is 1. The molecule has 0 aromatic carbocycles. The molecule has 0 fully saturated rings. The second-order valence-corrected chi connectivity index (χ2v) is 6.58. The Bertz CT molecular complexity index is 796. The summed E-state index contributed by atoms with van der Waals surface area (Å²) >= 11 is 1.45. The minimum atomic E-state index is 0.183. The molecule has 6 heteroatoms. The number of carbonyl (C=O) groups is 1. The van der Waals surface area contributed by atoms with Crippen LogP contribution in [0.3, 0.4) is 0 Å². The van der Waals surface area contributed by atoms with E-state index in [1.165, 1.54) is 16.9 Å². The van der Waals surface area contributed by atoms with Gasteiger partial charge in [-0.15, -0.1) is 0 Å². The van der Waals surface area contributed by atoms with Gasteiger partial charge < -0.3 is 10.2 Å². The topological polar surface area (TPSA) is 63.2 Å². The van der Waals surface area contributed by atoms with Crippen molar-refractivity contribution >= 4 is 22.8 Å². The summed E-state index contributed by atoms with van der Waals surface area (Å²) in [4.78, 5) is 17.3. The molecule has 0 radical (unpaired) electrons. The number of nitrogens with one attached hydrogen (secondary N) is 2. The third-order valence-electron chi connectivity index (χ3n) is 4.19. The lowest BCUT2D eigenvalue weighted by Gasteiger charge is -2.16. The van der Waals surface area contributed by atoms with E-state index in [-0.39, 0.29) is 5.78 Å². The molecule has 3 heterocycles. The fourth-order valence-corrected chi connectivity index (χ4v) is 4.29. The van der Waals surface area contributed by atoms with Gasteiger partial charge >= 0.3 is 0 Å². The number of thiophene rings is 1. The van der Waals surface area contributed by atoms with Gasteiger partial charge in [0, 0.05) is 19.2 Å². The number of fused-ring (bicyclic) bond motifs is 2. The summed E-state index contributed by atoms with van der Waals surface area (Å²) in [6.07, 6.45) is 5.79. The van der Waals surface area contributed by atoms with Crippen molar-refractivity contribution in [2.45, 2.75) is 26.2 Å². The Hall–Kier alpha value is -2.18. The zero-order valence-corrected chi connectivity index (χ0v) is 13.6. The molecule has 0 atom stereocenters. The summed E-state index contributed by atoms with van der Waals surface area (Å²) in [7, 11) is 0. The zero-order valence-electron chi connectivity index (χ0n) is 12.8. The molecule has 0 spiro atoms. The van der Waals surface area contributed by atoms with Crippen molar-refractivity contribution in [3.05, 3.63) is 46.1 Å². The number of hydrazine groups is 1. The number of pyridine rings is 1. The van der Waals surface area contributed by atoms with E-state index < -0.39 is 0 Å². The number of hydrogen-bond acceptors (Lipinski definition) is 6. The van der Waals surface area contributed by atoms with Crippen LogP contribution in [0.4, 0.5) is 0 Å². The Morgan fingerprint density at radius 2 is 2.35 bits per heavy atom. The molecule has 0 bridgehead atoms. The lowest BCUT2D eigenvalue weighted by Crippen LogP contribution is -2.23. The fraction of sp³-hybridized carbons (Fsp3) is 0.294. The molecule has 0 unspecified atom stereocenters. The van der Waals surface area contributed by atoms with Gasteiger partial charge in [0.25, 0.3) is 0 Å². The smallest absolute Gasteiger partial charge is 0.191 e. The first kappa shape index (κ1) is 14.4. The maximum atomic E-state index is 12.3. The number of hydrogen-bond donors (Lipinski definition) is 2. The molecule has 4 rings (SSSR count). The number of ether oxygens (including phenoxy) is 1. The minimum Gasteiger partial charge on any atom is -0.444 e. The Kier molecular flexibility index (Phi) is 3.63. The molecule has 1 aliphatic carbocycles. The van der Waals surface area contributed by atoms with Crippen LogP contribution in [0.2, 0.25) is 0 Å². The summed E-state index contributed by atoms with van der Waals surface area (Å²) in [6, 6.07) is 3.71. The zero-order chi connectivity index (χ0) is 15.8. The largest absolute Gasteiger partial charge is 0.444 e. The van der Waals surface area contributed by atoms with Crippen LogP contribution in [0.25, 0.3) is 5.70 Å². The molecule has 2 N–H and O–H groups in total. The van der Waals surface area contributed by atoms with Gasteiger partial charge in [-0.2, -0.15) is 0 Å². The molecule has 5 nitrogen and oxygen atoms in total. The van der Waals surface area contributed by atoms with Gasteiger partial charge in [-0.05, 0) is 36.1 Å². The minimum absolute atomic E-state index is 0.183. The Morgan fingerprint density at radius 1 is 1.43 bits per heavy atom. The van der Waals surface area contributed by atoms with Crippen molar-refractivity contribution < 1.29 is 9.53 Å². The summed E-state index contributed by atoms with van der Waals surface area (Å²) in [6.45, 7) is 2.74. The van der Waals surface area contributed by atoms with Crippen LogP contribution in [0.1, 0.15) is 40.6 Å². The van der Waals surface area contributed by atoms with Crippen LogP contribution in [-0.2, 0) is 6.42 Å². The Labute approximate surface area is 138 Å². The predicted octanol–water partition coefficient (Wildman–Crippen LogP) is 3.29. The second-order valence-electron chi connectivity index (χ2n) is 5.60. The number of nitrogens with zero attached hydrogens (tertiary/aromatic N) is 1. The Morgan fingerprint density at radius 3 is 3.13 bits per heavy atom. The van der Waals surface area contributed by atoms with E-state index in [1.54, 1.807) is 12.4 Å². The quantitative estimate of drug-likeness (QED) is 0.844. The van der Waals surface area contributed by atoms with E-state index in [9.17, 15) is 4.79 Å². The van der Waals surface area contributed by atoms with Gasteiger partial charge in [-0.3, -0.25) is 9.78 Å². The van der Waals surface area contributed by atoms with Crippen LogP contribution in [0, 0.1) is 0 Å². The van der Waals surface area contributed by atoms with E-state index in [4.69, 9.17) is 4.74 Å². The first-order chi connectivity index (χ1) is 11.3. The summed E-state index contributed by atoms with van der Waals surface area (Å²) < 4.78 is 6.06. The van der Waals surface area contributed by atoms with Crippen molar-refractivity contribution in [1.82, 2.24) is 15.8 Å². The third-order valence-corrected chi connectivity index (χ3v) is 5.34. The molecule has 2 aromatic heterocycles. The SMILES string of the molecule is CCC(=O)c1sc(Oc2cccnc2)c2c1CCC1=C2NNC1. The van der Waals surface area contributed by atoms with Crippen LogP contribution in [0.15, 0.2) is 30.1 Å². The van der Waals surface area contributed by atoms with Gasteiger partial charge in [0.15, 0.2) is 10.8 Å². The molecule has 118 valence electrons. The highest BCUT2D eigenvalue weighted by Gasteiger charge is 2.32. The van der Waals surface area contributed by atoms with Crippen molar-refractivity contribution in [2.75, 3.05) is 6.54 Å². The van der Waals surface area contributed by atoms with Crippen LogP contribution in [0.5, 0.6) is 10.8 Å². The van der Waals surface area contributed by atoms with Crippen molar-refractivity contribution in [1.29, 1.82) is 0 Å². The highest BCUT2D eigenvalue weighted by atomic mass is 32.1. The van der Waals surface area contributed by atoms with Crippen LogP contribution in [-0.4, -0.2) is 17.3 Å². The highest BCUT2D eigenvalue weighted by Crippen LogP contribution is 2.46. The predicted molar refractivity (Wildman–Crippen MR) is 89.6 cm³/mol. The van der Waals surface area contributed by atoms with Crippen molar-refractivity contribution in [3.63, 3.8) is 0 Å². The van der Waals surface area contributed by atoms with Gasteiger partial charge in [0.2, 0.25) is 0 Å². The monoisotopic (exact) mass is 327 g/mol. The standard InChI is InChI=1S/C17H17N3O2S/c1-2-13(21)16-12-6-5-10-8-19-20-15(10)14(12)17(23-16)22-11-4-3-7-18-9-11/h3-4,7,9,19-20H,2,5-6,8H2,1H3. The maximum Gasteiger partial charge on any atom is 0.191 e. The second kappa shape index (κ2) is 5.79. The summed E-state index contributed by atoms with van der Waals surface area (Å²) in [5, 5.41) is 0.771. The molecular weight excluding hydrogens is 310 g/mol. The van der Waals surface area contributed by atoms with Gasteiger partial charge in [-0.25, -0.2) is 5.43 Å². The normalized spacial score (nSPS) is 15.9. The molecular formula is C17H17N3O2S. The number of ketones is 1. The van der Waals surface area contributed by atoms with Crippen molar-refractivity contribution in [2.24, 2.45) is 0 Å². The number of carbonyl (C=O) groups excluding carboxylic acids is 1. The molecule has 23 heavy (non-hydrogen) atoms. The molecule has 2 aliphatic rings. The first-order valence-corrected chi connectivity index (χ1v) is 8.57. The van der Waals surface area contributed by atoms with E-state index in [2.05, 4.69) is 15.8 Å². The Balaban J connectivity index is 1.83. The van der Waals surface area contributed by atoms with Gasteiger partial charge in [-0.1, -0.05) is 18.3 Å². The van der Waals surface area contributed by atoms with Gasteiger partial charge in [0.05, 0.1) is 22.3 Å².